The molecular formula is C11H18N2O. The van der Waals surface area contributed by atoms with Crippen molar-refractivity contribution in [3.8, 4) is 12.3 Å². The number of terminal acetylenes is 1. The number of amides is 1. The number of nitrogens with one attached hydrogen (secondary N) is 1. The van der Waals surface area contributed by atoms with Gasteiger partial charge in [-0.25, -0.2) is 0 Å². The van der Waals surface area contributed by atoms with Crippen molar-refractivity contribution in [1.29, 1.82) is 0 Å². The standard InChI is InChI=1S/C11H18N2O/c1-3-11(14)13(4-2)9-10-6-5-7-12-8-10/h1,10,12H,4-9H2,2H3. The first-order valence-corrected chi connectivity index (χ1v) is 5.24. The lowest BCUT2D eigenvalue weighted by atomic mass is 9.99. The lowest BCUT2D eigenvalue weighted by Gasteiger charge is -2.28. The van der Waals surface area contributed by atoms with Gasteiger partial charge < -0.3 is 10.2 Å². The van der Waals surface area contributed by atoms with Gasteiger partial charge >= 0.3 is 0 Å². The van der Waals surface area contributed by atoms with Crippen LogP contribution in [0.4, 0.5) is 0 Å². The van der Waals surface area contributed by atoms with E-state index in [9.17, 15) is 4.79 Å². The number of rotatable bonds is 3. The quantitative estimate of drug-likeness (QED) is 0.662. The van der Waals surface area contributed by atoms with Crippen molar-refractivity contribution in [1.82, 2.24) is 10.2 Å². The topological polar surface area (TPSA) is 32.3 Å². The van der Waals surface area contributed by atoms with E-state index in [2.05, 4.69) is 11.2 Å². The summed E-state index contributed by atoms with van der Waals surface area (Å²) in [5.41, 5.74) is 0. The van der Waals surface area contributed by atoms with Gasteiger partial charge in [0, 0.05) is 13.1 Å². The molecule has 0 radical (unpaired) electrons. The minimum absolute atomic E-state index is 0.182. The largest absolute Gasteiger partial charge is 0.332 e. The Labute approximate surface area is 85.9 Å². The van der Waals surface area contributed by atoms with Crippen LogP contribution < -0.4 is 5.32 Å². The molecule has 1 amide bonds. The van der Waals surface area contributed by atoms with Crippen LogP contribution in [0.2, 0.25) is 0 Å². The molecule has 0 aromatic carbocycles. The van der Waals surface area contributed by atoms with Gasteiger partial charge in [0.15, 0.2) is 0 Å². The average molecular weight is 194 g/mol. The third kappa shape index (κ3) is 3.04. The third-order valence-electron chi connectivity index (χ3n) is 2.67. The van der Waals surface area contributed by atoms with E-state index in [0.717, 1.165) is 19.6 Å². The average Bonchev–Trinajstić information content (AvgIpc) is 2.26. The monoisotopic (exact) mass is 194 g/mol. The molecule has 0 spiro atoms. The molecule has 14 heavy (non-hydrogen) atoms. The van der Waals surface area contributed by atoms with E-state index in [1.165, 1.54) is 12.8 Å². The molecule has 78 valence electrons. The lowest BCUT2D eigenvalue weighted by molar-refractivity contribution is -0.125. The first-order chi connectivity index (χ1) is 6.77. The minimum atomic E-state index is -0.182. The van der Waals surface area contributed by atoms with Gasteiger partial charge in [-0.05, 0) is 44.7 Å². The Balaban J connectivity index is 2.39. The fourth-order valence-electron chi connectivity index (χ4n) is 1.84. The SMILES string of the molecule is C#CC(=O)N(CC)CC1CCCNC1. The van der Waals surface area contributed by atoms with Gasteiger partial charge in [-0.2, -0.15) is 0 Å². The summed E-state index contributed by atoms with van der Waals surface area (Å²) in [4.78, 5) is 13.0. The summed E-state index contributed by atoms with van der Waals surface area (Å²) < 4.78 is 0. The zero-order valence-corrected chi connectivity index (χ0v) is 8.75. The second-order valence-corrected chi connectivity index (χ2v) is 3.70. The van der Waals surface area contributed by atoms with E-state index in [-0.39, 0.29) is 5.91 Å². The van der Waals surface area contributed by atoms with Gasteiger partial charge in [-0.15, -0.1) is 6.42 Å². The lowest BCUT2D eigenvalue weighted by Crippen LogP contribution is -2.40. The summed E-state index contributed by atoms with van der Waals surface area (Å²) in [6.07, 6.45) is 7.49. The van der Waals surface area contributed by atoms with Crippen molar-refractivity contribution in [3.63, 3.8) is 0 Å². The Kier molecular flexibility index (Phi) is 4.48. The van der Waals surface area contributed by atoms with Crippen LogP contribution in [-0.4, -0.2) is 37.0 Å². The first kappa shape index (κ1) is 11.1. The number of hydrogen-bond donors (Lipinski definition) is 1. The molecule has 3 nitrogen and oxygen atoms in total. The van der Waals surface area contributed by atoms with Crippen LogP contribution in [0, 0.1) is 18.3 Å². The van der Waals surface area contributed by atoms with Crippen molar-refractivity contribution in [2.75, 3.05) is 26.2 Å². The summed E-state index contributed by atoms with van der Waals surface area (Å²) in [5.74, 6) is 2.56. The maximum Gasteiger partial charge on any atom is 0.298 e. The maximum absolute atomic E-state index is 11.3. The number of hydrogen-bond acceptors (Lipinski definition) is 2. The van der Waals surface area contributed by atoms with Crippen molar-refractivity contribution in [2.45, 2.75) is 19.8 Å². The highest BCUT2D eigenvalue weighted by Crippen LogP contribution is 2.11. The molecule has 1 aliphatic heterocycles. The van der Waals surface area contributed by atoms with Crippen LogP contribution in [0.3, 0.4) is 0 Å². The normalized spacial score (nSPS) is 21.3. The molecule has 0 aromatic heterocycles. The van der Waals surface area contributed by atoms with Crippen molar-refractivity contribution < 1.29 is 4.79 Å². The van der Waals surface area contributed by atoms with Gasteiger partial charge in [-0.3, -0.25) is 4.79 Å². The Hall–Kier alpha value is -1.01. The molecule has 1 aliphatic rings. The van der Waals surface area contributed by atoms with Gasteiger partial charge in [0.2, 0.25) is 0 Å². The van der Waals surface area contributed by atoms with Gasteiger partial charge in [0.25, 0.3) is 5.91 Å². The van der Waals surface area contributed by atoms with Crippen LogP contribution in [0.25, 0.3) is 0 Å². The van der Waals surface area contributed by atoms with E-state index in [1.54, 1.807) is 4.90 Å². The van der Waals surface area contributed by atoms with Crippen LogP contribution in [-0.2, 0) is 4.79 Å². The second-order valence-electron chi connectivity index (χ2n) is 3.70. The van der Waals surface area contributed by atoms with Crippen molar-refractivity contribution in [3.05, 3.63) is 0 Å². The fourth-order valence-corrected chi connectivity index (χ4v) is 1.84. The summed E-state index contributed by atoms with van der Waals surface area (Å²) in [6, 6.07) is 0. The van der Waals surface area contributed by atoms with Gasteiger partial charge in [0.05, 0.1) is 0 Å². The van der Waals surface area contributed by atoms with Crippen LogP contribution in [0.1, 0.15) is 19.8 Å². The molecule has 0 bridgehead atoms. The van der Waals surface area contributed by atoms with Crippen molar-refractivity contribution in [2.24, 2.45) is 5.92 Å². The molecule has 1 fully saturated rings. The molecule has 1 saturated heterocycles. The number of piperidine rings is 1. The van der Waals surface area contributed by atoms with E-state index in [0.29, 0.717) is 12.5 Å². The fraction of sp³-hybridized carbons (Fsp3) is 0.727. The van der Waals surface area contributed by atoms with Crippen LogP contribution in [0.15, 0.2) is 0 Å². The molecular weight excluding hydrogens is 176 g/mol. The molecule has 1 atom stereocenters. The highest BCUT2D eigenvalue weighted by molar-refractivity contribution is 5.92. The molecule has 1 heterocycles. The van der Waals surface area contributed by atoms with Gasteiger partial charge in [0.1, 0.15) is 0 Å². The Bertz CT molecular complexity index is 226. The third-order valence-corrected chi connectivity index (χ3v) is 2.67. The van der Waals surface area contributed by atoms with Crippen LogP contribution >= 0.6 is 0 Å². The molecule has 0 saturated carbocycles. The highest BCUT2D eigenvalue weighted by atomic mass is 16.2. The van der Waals surface area contributed by atoms with E-state index < -0.39 is 0 Å². The van der Waals surface area contributed by atoms with Crippen molar-refractivity contribution >= 4 is 5.91 Å². The summed E-state index contributed by atoms with van der Waals surface area (Å²) in [6.45, 7) is 5.58. The molecule has 1 N–H and O–H groups in total. The Morgan fingerprint density at radius 1 is 1.71 bits per heavy atom. The van der Waals surface area contributed by atoms with E-state index in [1.807, 2.05) is 6.92 Å². The Morgan fingerprint density at radius 2 is 2.50 bits per heavy atom. The summed E-state index contributed by atoms with van der Waals surface area (Å²) in [5, 5.41) is 3.33. The molecule has 1 unspecified atom stereocenters. The minimum Gasteiger partial charge on any atom is -0.332 e. The highest BCUT2D eigenvalue weighted by Gasteiger charge is 2.18. The number of carbonyl (C=O) groups excluding carboxylic acids is 1. The predicted octanol–water partition coefficient (Wildman–Crippen LogP) is 0.468. The van der Waals surface area contributed by atoms with Crippen LogP contribution in [0.5, 0.6) is 0 Å². The second kappa shape index (κ2) is 5.66. The number of carbonyl (C=O) groups is 1. The zero-order chi connectivity index (χ0) is 10.4. The summed E-state index contributed by atoms with van der Waals surface area (Å²) in [7, 11) is 0. The van der Waals surface area contributed by atoms with E-state index in [4.69, 9.17) is 6.42 Å². The first-order valence-electron chi connectivity index (χ1n) is 5.24. The molecule has 3 heteroatoms. The molecule has 1 rings (SSSR count). The smallest absolute Gasteiger partial charge is 0.298 e. The zero-order valence-electron chi connectivity index (χ0n) is 8.75. The van der Waals surface area contributed by atoms with E-state index >= 15 is 0 Å². The predicted molar refractivity (Wildman–Crippen MR) is 56.7 cm³/mol. The molecule has 0 aliphatic carbocycles. The maximum atomic E-state index is 11.3. The number of nitrogens with zero attached hydrogens (tertiary/aromatic N) is 1. The van der Waals surface area contributed by atoms with Gasteiger partial charge in [-0.1, -0.05) is 0 Å². The molecule has 0 aromatic rings. The summed E-state index contributed by atoms with van der Waals surface area (Å²) >= 11 is 0. The Morgan fingerprint density at radius 3 is 3.00 bits per heavy atom.